The van der Waals surface area contributed by atoms with Gasteiger partial charge in [0.2, 0.25) is 0 Å². The minimum absolute atomic E-state index is 1.12. The van der Waals surface area contributed by atoms with E-state index in [1.54, 1.807) is 0 Å². The Hall–Kier alpha value is 1.38. The number of rotatable bonds is 5. The van der Waals surface area contributed by atoms with Crippen LogP contribution in [0.4, 0.5) is 0 Å². The average molecular weight is 290 g/mol. The molecule has 0 atom stereocenters. The van der Waals surface area contributed by atoms with Crippen LogP contribution in [0.3, 0.4) is 0 Å². The Balaban J connectivity index is 3.42. The number of unbranched alkanes of at least 4 members (excludes halogenated alkanes) is 1. The zero-order valence-electron chi connectivity index (χ0n) is 6.79. The molecule has 0 aliphatic rings. The van der Waals surface area contributed by atoms with Gasteiger partial charge in [-0.2, -0.15) is 0 Å². The molecule has 0 saturated carbocycles. The van der Waals surface area contributed by atoms with Crippen molar-refractivity contribution in [2.24, 2.45) is 0 Å². The van der Waals surface area contributed by atoms with Crippen molar-refractivity contribution in [3.63, 3.8) is 0 Å². The van der Waals surface area contributed by atoms with E-state index in [-0.39, 0.29) is 0 Å². The van der Waals surface area contributed by atoms with Gasteiger partial charge in [-0.15, -0.1) is 0 Å². The van der Waals surface area contributed by atoms with Crippen molar-refractivity contribution in [2.45, 2.75) is 42.0 Å². The van der Waals surface area contributed by atoms with Gasteiger partial charge < -0.3 is 0 Å². The van der Waals surface area contributed by atoms with Gasteiger partial charge in [0.05, 0.1) is 0 Å². The molecule has 62 valence electrons. The van der Waals surface area contributed by atoms with E-state index in [2.05, 4.69) is 13.8 Å². The van der Waals surface area contributed by atoms with Gasteiger partial charge in [-0.1, -0.05) is 0 Å². The van der Waals surface area contributed by atoms with Crippen LogP contribution in [0.15, 0.2) is 0 Å². The quantitative estimate of drug-likeness (QED) is 0.668. The topological polar surface area (TPSA) is 0 Å². The zero-order valence-corrected chi connectivity index (χ0v) is 11.2. The Morgan fingerprint density at radius 3 is 2.00 bits per heavy atom. The molecule has 0 aromatic rings. The van der Waals surface area contributed by atoms with E-state index in [0.29, 0.717) is 0 Å². The molecule has 0 aliphatic carbocycles. The second kappa shape index (κ2) is 5.96. The molecular formula is C7H16Cl2Sn. The summed E-state index contributed by atoms with van der Waals surface area (Å²) in [5.41, 5.74) is 0. The molecule has 0 fully saturated rings. The molecule has 0 aromatic carbocycles. The Bertz CT molecular complexity index is 83.7. The van der Waals surface area contributed by atoms with Crippen molar-refractivity contribution >= 4 is 34.0 Å². The zero-order chi connectivity index (χ0) is 8.04. The molecule has 3 heteroatoms. The van der Waals surface area contributed by atoms with Crippen molar-refractivity contribution in [3.8, 4) is 0 Å². The summed E-state index contributed by atoms with van der Waals surface area (Å²) in [6.45, 7) is 4.34. The van der Waals surface area contributed by atoms with Crippen molar-refractivity contribution < 1.29 is 0 Å². The molecular weight excluding hydrogens is 274 g/mol. The van der Waals surface area contributed by atoms with Crippen molar-refractivity contribution in [3.05, 3.63) is 0 Å². The summed E-state index contributed by atoms with van der Waals surface area (Å²) >= 11 is -2.46. The third-order valence-corrected chi connectivity index (χ3v) is 13.2. The molecule has 0 N–H and O–H groups in total. The van der Waals surface area contributed by atoms with E-state index >= 15 is 0 Å². The normalized spacial score (nSPS) is 12.0. The fourth-order valence-electron chi connectivity index (χ4n) is 0.926. The van der Waals surface area contributed by atoms with Crippen molar-refractivity contribution in [2.75, 3.05) is 0 Å². The molecule has 0 unspecified atom stereocenters. The maximum atomic E-state index is 6.19. The van der Waals surface area contributed by atoms with Crippen LogP contribution in [0.5, 0.6) is 0 Å². The summed E-state index contributed by atoms with van der Waals surface area (Å²) in [6.07, 6.45) is 3.61. The number of hydrogen-bond acceptors (Lipinski definition) is 0. The summed E-state index contributed by atoms with van der Waals surface area (Å²) in [6, 6.07) is 0. The number of hydrogen-bond donors (Lipinski definition) is 0. The molecule has 0 spiro atoms. The molecule has 10 heavy (non-hydrogen) atoms. The van der Waals surface area contributed by atoms with E-state index in [9.17, 15) is 0 Å². The van der Waals surface area contributed by atoms with Crippen LogP contribution in [0, 0.1) is 0 Å². The van der Waals surface area contributed by atoms with E-state index in [1.807, 2.05) is 0 Å². The SMILES string of the molecule is CCC[CH2][Sn]([Cl])([Cl])[CH2]CC. The van der Waals surface area contributed by atoms with E-state index in [1.165, 1.54) is 12.8 Å². The summed E-state index contributed by atoms with van der Waals surface area (Å²) in [5.74, 6) is 0. The summed E-state index contributed by atoms with van der Waals surface area (Å²) < 4.78 is 2.26. The summed E-state index contributed by atoms with van der Waals surface area (Å²) in [7, 11) is 12.4. The fourth-order valence-corrected chi connectivity index (χ4v) is 10.5. The Morgan fingerprint density at radius 2 is 1.60 bits per heavy atom. The molecule has 0 radical (unpaired) electrons. The summed E-state index contributed by atoms with van der Waals surface area (Å²) in [4.78, 5) is 0. The molecule has 0 rings (SSSR count). The van der Waals surface area contributed by atoms with Crippen LogP contribution >= 0.6 is 17.8 Å². The van der Waals surface area contributed by atoms with Crippen LogP contribution in [0.1, 0.15) is 33.1 Å². The van der Waals surface area contributed by atoms with Gasteiger partial charge in [-0.3, -0.25) is 0 Å². The third-order valence-electron chi connectivity index (χ3n) is 1.51. The number of halogens is 2. The first-order chi connectivity index (χ1) is 4.62. The standard InChI is InChI=1S/C4H9.C3H7.2ClH.Sn/c1-3-4-2;1-3-2;;;/h1,3-4H2,2H3;1,3H2,2H3;2*1H;/q;;;;+2/p-2. The average Bonchev–Trinajstić information content (AvgIpc) is 1.84. The molecule has 0 aromatic heterocycles. The van der Waals surface area contributed by atoms with Gasteiger partial charge in [0, 0.05) is 0 Å². The van der Waals surface area contributed by atoms with Gasteiger partial charge in [-0.05, 0) is 0 Å². The second-order valence-electron chi connectivity index (χ2n) is 2.71. The van der Waals surface area contributed by atoms with Gasteiger partial charge in [0.25, 0.3) is 0 Å². The molecule has 0 aliphatic heterocycles. The van der Waals surface area contributed by atoms with Crippen molar-refractivity contribution in [1.82, 2.24) is 0 Å². The predicted octanol–water partition coefficient (Wildman–Crippen LogP) is 4.12. The van der Waals surface area contributed by atoms with Gasteiger partial charge >= 0.3 is 75.9 Å². The van der Waals surface area contributed by atoms with Crippen LogP contribution in [-0.4, -0.2) is 16.1 Å². The van der Waals surface area contributed by atoms with Gasteiger partial charge in [0.1, 0.15) is 0 Å². The molecule has 0 bridgehead atoms. The minimum atomic E-state index is -2.46. The Kier molecular flexibility index (Phi) is 6.78. The van der Waals surface area contributed by atoms with Crippen LogP contribution in [-0.2, 0) is 0 Å². The Morgan fingerprint density at radius 1 is 1.00 bits per heavy atom. The summed E-state index contributed by atoms with van der Waals surface area (Å²) in [5, 5.41) is 0. The predicted molar refractivity (Wildman–Crippen MR) is 52.3 cm³/mol. The maximum absolute atomic E-state index is 6.19. The van der Waals surface area contributed by atoms with Gasteiger partial charge in [-0.25, -0.2) is 0 Å². The third kappa shape index (κ3) is 6.11. The van der Waals surface area contributed by atoms with E-state index in [4.69, 9.17) is 17.8 Å². The van der Waals surface area contributed by atoms with E-state index < -0.39 is 16.1 Å². The second-order valence-corrected chi connectivity index (χ2v) is 21.5. The van der Waals surface area contributed by atoms with Gasteiger partial charge in [0.15, 0.2) is 0 Å². The van der Waals surface area contributed by atoms with Crippen LogP contribution in [0.2, 0.25) is 8.87 Å². The molecule has 0 heterocycles. The van der Waals surface area contributed by atoms with Crippen LogP contribution in [0.25, 0.3) is 0 Å². The van der Waals surface area contributed by atoms with E-state index in [0.717, 1.165) is 15.3 Å². The molecule has 0 nitrogen and oxygen atoms in total. The first kappa shape index (κ1) is 11.4. The first-order valence-electron chi connectivity index (χ1n) is 4.00. The fraction of sp³-hybridized carbons (Fsp3) is 1.00. The first-order valence-corrected chi connectivity index (χ1v) is 15.3. The van der Waals surface area contributed by atoms with Crippen LogP contribution < -0.4 is 0 Å². The van der Waals surface area contributed by atoms with Crippen molar-refractivity contribution in [1.29, 1.82) is 0 Å². The Labute approximate surface area is 75.6 Å². The molecule has 0 saturated heterocycles. The molecule has 0 amide bonds. The monoisotopic (exact) mass is 290 g/mol.